The van der Waals surface area contributed by atoms with Crippen molar-refractivity contribution in [1.29, 1.82) is 0 Å². The molecule has 3 aromatic rings. The van der Waals surface area contributed by atoms with Crippen LogP contribution in [0.15, 0.2) is 48.9 Å². The van der Waals surface area contributed by atoms with Crippen LogP contribution in [-0.4, -0.2) is 40.6 Å². The Balaban J connectivity index is 1.72. The fourth-order valence-electron chi connectivity index (χ4n) is 3.58. The number of hydrogen-bond donors (Lipinski definition) is 1. The molecule has 134 valence electrons. The Kier molecular flexibility index (Phi) is 4.58. The molecule has 0 radical (unpaired) electrons. The second-order valence-corrected chi connectivity index (χ2v) is 6.32. The van der Waals surface area contributed by atoms with Gasteiger partial charge in [-0.3, -0.25) is 9.88 Å². The molecular formula is C20H22N4O2. The van der Waals surface area contributed by atoms with Crippen molar-refractivity contribution >= 4 is 0 Å². The molecule has 6 nitrogen and oxygen atoms in total. The van der Waals surface area contributed by atoms with Crippen LogP contribution in [0, 0.1) is 0 Å². The van der Waals surface area contributed by atoms with Crippen LogP contribution < -0.4 is 9.47 Å². The number of rotatable bonds is 5. The zero-order valence-electron chi connectivity index (χ0n) is 15.0. The maximum atomic E-state index is 5.56. The second-order valence-electron chi connectivity index (χ2n) is 6.32. The first-order valence-electron chi connectivity index (χ1n) is 8.68. The summed E-state index contributed by atoms with van der Waals surface area (Å²) in [4.78, 5) is 14.9. The Hall–Kier alpha value is -2.86. The van der Waals surface area contributed by atoms with E-state index in [1.165, 1.54) is 5.69 Å². The van der Waals surface area contributed by atoms with E-state index in [9.17, 15) is 0 Å². The first-order valence-corrected chi connectivity index (χ1v) is 8.68. The Morgan fingerprint density at radius 1 is 1.15 bits per heavy atom. The predicted molar refractivity (Wildman–Crippen MR) is 98.3 cm³/mol. The van der Waals surface area contributed by atoms with Crippen molar-refractivity contribution < 1.29 is 9.47 Å². The Bertz CT molecular complexity index is 879. The van der Waals surface area contributed by atoms with Crippen LogP contribution in [0.1, 0.15) is 28.7 Å². The van der Waals surface area contributed by atoms with Gasteiger partial charge in [-0.2, -0.15) is 0 Å². The largest absolute Gasteiger partial charge is 0.497 e. The number of imidazole rings is 1. The van der Waals surface area contributed by atoms with Crippen LogP contribution in [0.3, 0.4) is 0 Å². The van der Waals surface area contributed by atoms with Crippen LogP contribution in [0.5, 0.6) is 11.5 Å². The van der Waals surface area contributed by atoms with Crippen molar-refractivity contribution in [1.82, 2.24) is 19.9 Å². The molecule has 6 heteroatoms. The van der Waals surface area contributed by atoms with Gasteiger partial charge < -0.3 is 14.5 Å². The number of fused-ring (bicyclic) bond motifs is 1. The number of nitrogens with zero attached hydrogens (tertiary/aromatic N) is 3. The molecule has 0 saturated heterocycles. The summed E-state index contributed by atoms with van der Waals surface area (Å²) in [5.74, 6) is 1.69. The number of aromatic amines is 1. The summed E-state index contributed by atoms with van der Waals surface area (Å²) in [6.45, 7) is 1.64. The van der Waals surface area contributed by atoms with Gasteiger partial charge in [0.2, 0.25) is 0 Å². The maximum Gasteiger partial charge on any atom is 0.123 e. The zero-order chi connectivity index (χ0) is 17.9. The third-order valence-corrected chi connectivity index (χ3v) is 4.85. The number of aromatic nitrogens is 3. The molecule has 1 aliphatic rings. The minimum atomic E-state index is 0.0158. The lowest BCUT2D eigenvalue weighted by atomic mass is 9.98. The molecule has 2 aromatic heterocycles. The number of nitrogens with one attached hydrogen (secondary N) is 1. The van der Waals surface area contributed by atoms with Crippen LogP contribution in [0.25, 0.3) is 0 Å². The van der Waals surface area contributed by atoms with Gasteiger partial charge in [0, 0.05) is 37.0 Å². The quantitative estimate of drug-likeness (QED) is 0.766. The normalized spacial score (nSPS) is 16.9. The van der Waals surface area contributed by atoms with Crippen molar-refractivity contribution in [2.24, 2.45) is 0 Å². The summed E-state index contributed by atoms with van der Waals surface area (Å²) in [7, 11) is 3.38. The summed E-state index contributed by atoms with van der Waals surface area (Å²) in [5.41, 5.74) is 4.33. The third-order valence-electron chi connectivity index (χ3n) is 4.85. The molecule has 4 rings (SSSR count). The van der Waals surface area contributed by atoms with E-state index >= 15 is 0 Å². The first kappa shape index (κ1) is 16.6. The number of pyridine rings is 1. The molecule has 0 amide bonds. The smallest absolute Gasteiger partial charge is 0.123 e. The average molecular weight is 350 g/mol. The molecule has 26 heavy (non-hydrogen) atoms. The lowest BCUT2D eigenvalue weighted by Crippen LogP contribution is -2.36. The summed E-state index contributed by atoms with van der Waals surface area (Å²) < 4.78 is 11.0. The Morgan fingerprint density at radius 2 is 2.08 bits per heavy atom. The third kappa shape index (κ3) is 3.04. The SMILES string of the molecule is COc1ccc(OC)c(CN2CCc3[nH]cnc3[C@@H]2c2ccccn2)c1. The lowest BCUT2D eigenvalue weighted by molar-refractivity contribution is 0.194. The van der Waals surface area contributed by atoms with Crippen molar-refractivity contribution in [3.8, 4) is 11.5 Å². The fourth-order valence-corrected chi connectivity index (χ4v) is 3.58. The maximum absolute atomic E-state index is 5.56. The molecule has 3 heterocycles. The van der Waals surface area contributed by atoms with E-state index < -0.39 is 0 Å². The van der Waals surface area contributed by atoms with Gasteiger partial charge in [0.25, 0.3) is 0 Å². The van der Waals surface area contributed by atoms with Gasteiger partial charge in [-0.05, 0) is 30.3 Å². The van der Waals surface area contributed by atoms with Crippen molar-refractivity contribution in [3.05, 3.63) is 71.6 Å². The van der Waals surface area contributed by atoms with E-state index in [4.69, 9.17) is 9.47 Å². The highest BCUT2D eigenvalue weighted by molar-refractivity contribution is 5.41. The Morgan fingerprint density at radius 3 is 2.85 bits per heavy atom. The first-order chi connectivity index (χ1) is 12.8. The molecule has 1 N–H and O–H groups in total. The minimum absolute atomic E-state index is 0.0158. The van der Waals surface area contributed by atoms with Crippen molar-refractivity contribution in [2.75, 3.05) is 20.8 Å². The van der Waals surface area contributed by atoms with Crippen molar-refractivity contribution in [3.63, 3.8) is 0 Å². The van der Waals surface area contributed by atoms with Gasteiger partial charge in [-0.25, -0.2) is 4.98 Å². The van der Waals surface area contributed by atoms with E-state index in [1.54, 1.807) is 20.5 Å². The van der Waals surface area contributed by atoms with Gasteiger partial charge in [-0.15, -0.1) is 0 Å². The van der Waals surface area contributed by atoms with E-state index in [0.29, 0.717) is 0 Å². The van der Waals surface area contributed by atoms with Crippen LogP contribution in [0.2, 0.25) is 0 Å². The number of ether oxygens (including phenoxy) is 2. The number of methoxy groups -OCH3 is 2. The summed E-state index contributed by atoms with van der Waals surface area (Å²) in [5, 5.41) is 0. The molecule has 0 unspecified atom stereocenters. The number of hydrogen-bond acceptors (Lipinski definition) is 5. The molecular weight excluding hydrogens is 328 g/mol. The summed E-state index contributed by atoms with van der Waals surface area (Å²) in [6, 6.07) is 11.9. The topological polar surface area (TPSA) is 63.3 Å². The molecule has 1 atom stereocenters. The number of H-pyrrole nitrogens is 1. The molecule has 1 aliphatic heterocycles. The van der Waals surface area contributed by atoms with E-state index in [2.05, 4.69) is 25.9 Å². The molecule has 0 saturated carbocycles. The standard InChI is InChI=1S/C20H22N4O2/c1-25-15-6-7-18(26-2)14(11-15)12-24-10-8-16-19(23-13-22-16)20(24)17-5-3-4-9-21-17/h3-7,9,11,13,20H,8,10,12H2,1-2H3,(H,22,23)/t20-/m0/s1. The van der Waals surface area contributed by atoms with E-state index in [0.717, 1.165) is 48.0 Å². The predicted octanol–water partition coefficient (Wildman–Crippen LogP) is 2.97. The highest BCUT2D eigenvalue weighted by atomic mass is 16.5. The zero-order valence-corrected chi connectivity index (χ0v) is 15.0. The lowest BCUT2D eigenvalue weighted by Gasteiger charge is -2.34. The fraction of sp³-hybridized carbons (Fsp3) is 0.300. The molecule has 0 aliphatic carbocycles. The molecule has 0 fully saturated rings. The van der Waals surface area contributed by atoms with Gasteiger partial charge in [0.05, 0.1) is 38.0 Å². The summed E-state index contributed by atoms with van der Waals surface area (Å²) in [6.07, 6.45) is 4.54. The highest BCUT2D eigenvalue weighted by Crippen LogP contribution is 2.35. The van der Waals surface area contributed by atoms with Crippen molar-refractivity contribution in [2.45, 2.75) is 19.0 Å². The molecule has 0 bridgehead atoms. The number of benzene rings is 1. The van der Waals surface area contributed by atoms with E-state index in [1.807, 2.05) is 36.5 Å². The highest BCUT2D eigenvalue weighted by Gasteiger charge is 2.32. The van der Waals surface area contributed by atoms with E-state index in [-0.39, 0.29) is 6.04 Å². The molecule has 0 spiro atoms. The minimum Gasteiger partial charge on any atom is -0.497 e. The average Bonchev–Trinajstić information content (AvgIpc) is 3.17. The van der Waals surface area contributed by atoms with Crippen LogP contribution in [-0.2, 0) is 13.0 Å². The monoisotopic (exact) mass is 350 g/mol. The van der Waals surface area contributed by atoms with Gasteiger partial charge in [-0.1, -0.05) is 6.07 Å². The van der Waals surface area contributed by atoms with Gasteiger partial charge in [0.15, 0.2) is 0 Å². The summed E-state index contributed by atoms with van der Waals surface area (Å²) >= 11 is 0. The Labute approximate surface area is 152 Å². The second kappa shape index (κ2) is 7.17. The van der Waals surface area contributed by atoms with Gasteiger partial charge in [0.1, 0.15) is 11.5 Å². The van der Waals surface area contributed by atoms with Gasteiger partial charge >= 0.3 is 0 Å². The van der Waals surface area contributed by atoms with Crippen LogP contribution >= 0.6 is 0 Å². The van der Waals surface area contributed by atoms with Crippen LogP contribution in [0.4, 0.5) is 0 Å². The molecule has 1 aromatic carbocycles.